The molecule has 0 heterocycles. The molecule has 0 saturated heterocycles. The van der Waals surface area contributed by atoms with Gasteiger partial charge >= 0.3 is 0 Å². The van der Waals surface area contributed by atoms with Crippen molar-refractivity contribution in [3.63, 3.8) is 0 Å². The number of hydrogen-bond donors (Lipinski definition) is 1. The first-order valence-corrected chi connectivity index (χ1v) is 9.91. The fourth-order valence-corrected chi connectivity index (χ4v) is 2.74. The zero-order chi connectivity index (χ0) is 21.4. The first kappa shape index (κ1) is 22.7. The second kappa shape index (κ2) is 10.8. The molecule has 2 unspecified atom stereocenters. The van der Waals surface area contributed by atoms with E-state index in [-0.39, 0.29) is 25.1 Å². The van der Waals surface area contributed by atoms with Crippen LogP contribution in [0.5, 0.6) is 5.75 Å². The van der Waals surface area contributed by atoms with Crippen molar-refractivity contribution in [1.82, 2.24) is 10.2 Å². The zero-order valence-electron chi connectivity index (χ0n) is 16.8. The molecule has 0 bridgehead atoms. The SMILES string of the molecule is CCC(C)NC(=O)C(C)N(Cc1ccccc1F)C(=O)COc1ccc(Cl)cc1. The molecule has 0 aliphatic heterocycles. The van der Waals surface area contributed by atoms with Crippen molar-refractivity contribution in [3.8, 4) is 5.75 Å². The van der Waals surface area contributed by atoms with E-state index in [4.69, 9.17) is 16.3 Å². The summed E-state index contributed by atoms with van der Waals surface area (Å²) in [6.45, 7) is 5.15. The Hall–Kier alpha value is -2.60. The topological polar surface area (TPSA) is 58.6 Å². The molecule has 156 valence electrons. The van der Waals surface area contributed by atoms with Crippen molar-refractivity contribution in [1.29, 1.82) is 0 Å². The minimum absolute atomic E-state index is 0.0271. The van der Waals surface area contributed by atoms with E-state index in [1.54, 1.807) is 49.4 Å². The summed E-state index contributed by atoms with van der Waals surface area (Å²) < 4.78 is 19.7. The van der Waals surface area contributed by atoms with Crippen LogP contribution in [-0.4, -0.2) is 35.4 Å². The molecule has 1 N–H and O–H groups in total. The van der Waals surface area contributed by atoms with Gasteiger partial charge in [0.15, 0.2) is 6.61 Å². The summed E-state index contributed by atoms with van der Waals surface area (Å²) in [6.07, 6.45) is 0.763. The lowest BCUT2D eigenvalue weighted by Crippen LogP contribution is -2.50. The van der Waals surface area contributed by atoms with Gasteiger partial charge in [-0.05, 0) is 50.6 Å². The maximum atomic E-state index is 14.1. The van der Waals surface area contributed by atoms with Gasteiger partial charge in [-0.3, -0.25) is 9.59 Å². The molecule has 7 heteroatoms. The summed E-state index contributed by atoms with van der Waals surface area (Å²) >= 11 is 5.85. The Bertz CT molecular complexity index is 829. The molecule has 2 aromatic rings. The molecular formula is C22H26ClFN2O3. The number of carbonyl (C=O) groups is 2. The van der Waals surface area contributed by atoms with Crippen LogP contribution in [0.15, 0.2) is 48.5 Å². The molecule has 2 amide bonds. The third-order valence-corrected chi connectivity index (χ3v) is 4.89. The fourth-order valence-electron chi connectivity index (χ4n) is 2.62. The monoisotopic (exact) mass is 420 g/mol. The summed E-state index contributed by atoms with van der Waals surface area (Å²) in [5.74, 6) is -0.672. The molecule has 0 aliphatic rings. The average Bonchev–Trinajstić information content (AvgIpc) is 2.71. The first-order chi connectivity index (χ1) is 13.8. The number of rotatable bonds is 9. The highest BCUT2D eigenvalue weighted by Gasteiger charge is 2.27. The lowest BCUT2D eigenvalue weighted by atomic mass is 10.1. The highest BCUT2D eigenvalue weighted by Crippen LogP contribution is 2.17. The quantitative estimate of drug-likeness (QED) is 0.661. The maximum absolute atomic E-state index is 14.1. The lowest BCUT2D eigenvalue weighted by Gasteiger charge is -2.29. The Morgan fingerprint density at radius 2 is 1.79 bits per heavy atom. The largest absolute Gasteiger partial charge is 0.484 e. The first-order valence-electron chi connectivity index (χ1n) is 9.53. The van der Waals surface area contributed by atoms with Crippen molar-refractivity contribution in [2.45, 2.75) is 45.8 Å². The normalized spacial score (nSPS) is 12.7. The van der Waals surface area contributed by atoms with Gasteiger partial charge in [0.2, 0.25) is 5.91 Å². The molecule has 2 atom stereocenters. The summed E-state index contributed by atoms with van der Waals surface area (Å²) in [4.78, 5) is 26.8. The summed E-state index contributed by atoms with van der Waals surface area (Å²) in [5, 5.41) is 3.42. The zero-order valence-corrected chi connectivity index (χ0v) is 17.6. The van der Waals surface area contributed by atoms with Crippen molar-refractivity contribution < 1.29 is 18.7 Å². The third kappa shape index (κ3) is 6.75. The van der Waals surface area contributed by atoms with E-state index in [1.807, 2.05) is 13.8 Å². The Labute approximate surface area is 175 Å². The standard InChI is InChI=1S/C22H26ClFN2O3/c1-4-15(2)25-22(28)16(3)26(13-17-7-5-6-8-20(17)24)21(27)14-29-19-11-9-18(23)10-12-19/h5-12,15-16H,4,13-14H2,1-3H3,(H,25,28). The Morgan fingerprint density at radius 1 is 1.14 bits per heavy atom. The van der Waals surface area contributed by atoms with E-state index >= 15 is 0 Å². The molecule has 5 nitrogen and oxygen atoms in total. The van der Waals surface area contributed by atoms with E-state index in [2.05, 4.69) is 5.32 Å². The Kier molecular flexibility index (Phi) is 8.46. The minimum atomic E-state index is -0.787. The summed E-state index contributed by atoms with van der Waals surface area (Å²) in [5.41, 5.74) is 0.329. The maximum Gasteiger partial charge on any atom is 0.261 e. The predicted molar refractivity (Wildman–Crippen MR) is 111 cm³/mol. The van der Waals surface area contributed by atoms with Gasteiger partial charge in [0.1, 0.15) is 17.6 Å². The Morgan fingerprint density at radius 3 is 2.41 bits per heavy atom. The van der Waals surface area contributed by atoms with Crippen LogP contribution in [0.1, 0.15) is 32.8 Å². The van der Waals surface area contributed by atoms with E-state index in [1.165, 1.54) is 11.0 Å². The van der Waals surface area contributed by atoms with Gasteiger partial charge in [-0.25, -0.2) is 4.39 Å². The summed E-state index contributed by atoms with van der Waals surface area (Å²) in [6, 6.07) is 12.0. The number of nitrogens with one attached hydrogen (secondary N) is 1. The van der Waals surface area contributed by atoms with E-state index in [0.717, 1.165) is 6.42 Å². The van der Waals surface area contributed by atoms with E-state index in [9.17, 15) is 14.0 Å². The van der Waals surface area contributed by atoms with Crippen LogP contribution >= 0.6 is 11.6 Å². The van der Waals surface area contributed by atoms with Crippen molar-refractivity contribution in [2.75, 3.05) is 6.61 Å². The lowest BCUT2D eigenvalue weighted by molar-refractivity contribution is -0.142. The molecule has 29 heavy (non-hydrogen) atoms. The number of amides is 2. The van der Waals surface area contributed by atoms with Gasteiger partial charge in [0.25, 0.3) is 5.91 Å². The number of carbonyl (C=O) groups excluding carboxylic acids is 2. The van der Waals surface area contributed by atoms with Gasteiger partial charge in [-0.1, -0.05) is 36.7 Å². The van der Waals surface area contributed by atoms with Crippen LogP contribution in [0, 0.1) is 5.82 Å². The average molecular weight is 421 g/mol. The van der Waals surface area contributed by atoms with Gasteiger partial charge in [0, 0.05) is 23.2 Å². The highest BCUT2D eigenvalue weighted by molar-refractivity contribution is 6.30. The second-order valence-electron chi connectivity index (χ2n) is 6.85. The molecular weight excluding hydrogens is 395 g/mol. The predicted octanol–water partition coefficient (Wildman–Crippen LogP) is 4.19. The number of nitrogens with zero attached hydrogens (tertiary/aromatic N) is 1. The molecule has 2 aromatic carbocycles. The van der Waals surface area contributed by atoms with Gasteiger partial charge in [0.05, 0.1) is 0 Å². The van der Waals surface area contributed by atoms with Gasteiger partial charge in [-0.2, -0.15) is 0 Å². The number of hydrogen-bond acceptors (Lipinski definition) is 3. The molecule has 0 aromatic heterocycles. The number of ether oxygens (including phenoxy) is 1. The van der Waals surface area contributed by atoms with E-state index < -0.39 is 17.8 Å². The van der Waals surface area contributed by atoms with Crippen LogP contribution in [0.2, 0.25) is 5.02 Å². The summed E-state index contributed by atoms with van der Waals surface area (Å²) in [7, 11) is 0. The van der Waals surface area contributed by atoms with Crippen molar-refractivity contribution in [2.24, 2.45) is 0 Å². The number of halogens is 2. The Balaban J connectivity index is 2.15. The minimum Gasteiger partial charge on any atom is -0.484 e. The second-order valence-corrected chi connectivity index (χ2v) is 7.29. The van der Waals surface area contributed by atoms with Crippen LogP contribution < -0.4 is 10.1 Å². The van der Waals surface area contributed by atoms with Crippen LogP contribution in [0.4, 0.5) is 4.39 Å². The molecule has 0 fully saturated rings. The van der Waals surface area contributed by atoms with Crippen LogP contribution in [0.3, 0.4) is 0 Å². The van der Waals surface area contributed by atoms with Crippen LogP contribution in [-0.2, 0) is 16.1 Å². The van der Waals surface area contributed by atoms with E-state index in [0.29, 0.717) is 16.3 Å². The highest BCUT2D eigenvalue weighted by atomic mass is 35.5. The van der Waals surface area contributed by atoms with Crippen LogP contribution in [0.25, 0.3) is 0 Å². The van der Waals surface area contributed by atoms with Crippen molar-refractivity contribution >= 4 is 23.4 Å². The molecule has 2 rings (SSSR count). The fraction of sp³-hybridized carbons (Fsp3) is 0.364. The smallest absolute Gasteiger partial charge is 0.261 e. The molecule has 0 spiro atoms. The molecule has 0 aliphatic carbocycles. The molecule has 0 radical (unpaired) electrons. The van der Waals surface area contributed by atoms with Gasteiger partial charge < -0.3 is 15.0 Å². The molecule has 0 saturated carbocycles. The van der Waals surface area contributed by atoms with Gasteiger partial charge in [-0.15, -0.1) is 0 Å². The van der Waals surface area contributed by atoms with Crippen molar-refractivity contribution in [3.05, 3.63) is 64.9 Å². The third-order valence-electron chi connectivity index (χ3n) is 4.64. The number of benzene rings is 2.